The molecule has 0 aliphatic heterocycles. The van der Waals surface area contributed by atoms with Crippen molar-refractivity contribution in [3.63, 3.8) is 0 Å². The molecule has 0 aliphatic rings. The first kappa shape index (κ1) is 18.7. The van der Waals surface area contributed by atoms with E-state index >= 15 is 0 Å². The number of hydrogen-bond donors (Lipinski definition) is 2. The highest BCUT2D eigenvalue weighted by atomic mass is 16.5. The van der Waals surface area contributed by atoms with Crippen molar-refractivity contribution < 1.29 is 4.74 Å². The van der Waals surface area contributed by atoms with Gasteiger partial charge in [-0.3, -0.25) is 0 Å². The van der Waals surface area contributed by atoms with Crippen LogP contribution in [0.25, 0.3) is 0 Å². The van der Waals surface area contributed by atoms with Crippen LogP contribution in [0.3, 0.4) is 0 Å². The zero-order valence-corrected chi connectivity index (χ0v) is 15.7. The van der Waals surface area contributed by atoms with E-state index in [4.69, 9.17) is 4.74 Å². The highest BCUT2D eigenvalue weighted by Crippen LogP contribution is 2.17. The van der Waals surface area contributed by atoms with Crippen molar-refractivity contribution >= 4 is 11.8 Å². The number of benzene rings is 2. The van der Waals surface area contributed by atoms with Crippen LogP contribution in [0.15, 0.2) is 66.9 Å². The number of nitrogens with one attached hydrogen (secondary N) is 2. The Bertz CT molecular complexity index is 823. The van der Waals surface area contributed by atoms with Gasteiger partial charge in [0.2, 0.25) is 5.95 Å². The van der Waals surface area contributed by atoms with Crippen LogP contribution in [0.2, 0.25) is 0 Å². The summed E-state index contributed by atoms with van der Waals surface area (Å²) >= 11 is 0. The second kappa shape index (κ2) is 10.2. The van der Waals surface area contributed by atoms with E-state index in [0.29, 0.717) is 5.95 Å². The van der Waals surface area contributed by atoms with E-state index in [0.717, 1.165) is 43.9 Å². The van der Waals surface area contributed by atoms with Gasteiger partial charge in [0.25, 0.3) is 0 Å². The van der Waals surface area contributed by atoms with Crippen LogP contribution in [0.1, 0.15) is 17.5 Å². The summed E-state index contributed by atoms with van der Waals surface area (Å²) in [5.41, 5.74) is 2.53. The van der Waals surface area contributed by atoms with Gasteiger partial charge in [0.1, 0.15) is 11.6 Å². The predicted octanol–water partition coefficient (Wildman–Crippen LogP) is 4.18. The Morgan fingerprint density at radius 3 is 2.52 bits per heavy atom. The summed E-state index contributed by atoms with van der Waals surface area (Å²) in [7, 11) is 1.70. The van der Waals surface area contributed by atoms with Crippen molar-refractivity contribution in [1.82, 2.24) is 9.97 Å². The van der Waals surface area contributed by atoms with Crippen molar-refractivity contribution in [2.45, 2.75) is 19.3 Å². The van der Waals surface area contributed by atoms with E-state index in [2.05, 4.69) is 50.9 Å². The molecule has 3 rings (SSSR count). The number of nitrogens with zero attached hydrogens (tertiary/aromatic N) is 2. The van der Waals surface area contributed by atoms with Crippen LogP contribution in [-0.2, 0) is 12.8 Å². The molecule has 0 saturated heterocycles. The summed E-state index contributed by atoms with van der Waals surface area (Å²) in [5.74, 6) is 2.40. The fourth-order valence-electron chi connectivity index (χ4n) is 2.91. The third-order valence-corrected chi connectivity index (χ3v) is 4.32. The van der Waals surface area contributed by atoms with Crippen LogP contribution < -0.4 is 15.4 Å². The molecule has 27 heavy (non-hydrogen) atoms. The Morgan fingerprint density at radius 1 is 0.852 bits per heavy atom. The molecule has 3 aromatic rings. The molecule has 0 saturated carbocycles. The monoisotopic (exact) mass is 362 g/mol. The minimum absolute atomic E-state index is 0.658. The number of hydrogen-bond acceptors (Lipinski definition) is 5. The van der Waals surface area contributed by atoms with Gasteiger partial charge in [-0.2, -0.15) is 4.98 Å². The predicted molar refractivity (Wildman–Crippen MR) is 110 cm³/mol. The van der Waals surface area contributed by atoms with Crippen molar-refractivity contribution in [2.75, 3.05) is 30.8 Å². The Hall–Kier alpha value is -3.08. The molecule has 1 heterocycles. The summed E-state index contributed by atoms with van der Waals surface area (Å²) in [5, 5.41) is 6.65. The van der Waals surface area contributed by atoms with Crippen LogP contribution in [0.4, 0.5) is 11.8 Å². The van der Waals surface area contributed by atoms with E-state index in [1.54, 1.807) is 13.3 Å². The van der Waals surface area contributed by atoms with Gasteiger partial charge in [0, 0.05) is 19.3 Å². The number of methoxy groups -OCH3 is 1. The van der Waals surface area contributed by atoms with E-state index < -0.39 is 0 Å². The average Bonchev–Trinajstić information content (AvgIpc) is 2.73. The molecule has 0 radical (unpaired) electrons. The lowest BCUT2D eigenvalue weighted by molar-refractivity contribution is 0.410. The zero-order chi connectivity index (χ0) is 18.7. The van der Waals surface area contributed by atoms with E-state index in [1.165, 1.54) is 11.1 Å². The lowest BCUT2D eigenvalue weighted by Crippen LogP contribution is -2.10. The quantitative estimate of drug-likeness (QED) is 0.530. The third kappa shape index (κ3) is 5.99. The second-order valence-electron chi connectivity index (χ2n) is 6.27. The van der Waals surface area contributed by atoms with E-state index in [1.807, 2.05) is 30.3 Å². The molecule has 0 aliphatic carbocycles. The number of aromatic nitrogens is 2. The van der Waals surface area contributed by atoms with Crippen molar-refractivity contribution in [3.8, 4) is 5.75 Å². The maximum atomic E-state index is 5.39. The van der Waals surface area contributed by atoms with Gasteiger partial charge in [-0.25, -0.2) is 4.98 Å². The van der Waals surface area contributed by atoms with Crippen molar-refractivity contribution in [2.24, 2.45) is 0 Å². The highest BCUT2D eigenvalue weighted by molar-refractivity contribution is 5.40. The molecule has 0 unspecified atom stereocenters. The lowest BCUT2D eigenvalue weighted by atomic mass is 10.1. The SMILES string of the molecule is COc1ccccc1CCNc1ccnc(NCCCc2ccccc2)n1. The smallest absolute Gasteiger partial charge is 0.224 e. The molecular formula is C22H26N4O. The number of ether oxygens (including phenoxy) is 1. The fourth-order valence-corrected chi connectivity index (χ4v) is 2.91. The molecule has 2 aromatic carbocycles. The van der Waals surface area contributed by atoms with Crippen molar-refractivity contribution in [1.29, 1.82) is 0 Å². The molecule has 2 N–H and O–H groups in total. The zero-order valence-electron chi connectivity index (χ0n) is 15.7. The first-order valence-electron chi connectivity index (χ1n) is 9.32. The van der Waals surface area contributed by atoms with Gasteiger partial charge in [-0.05, 0) is 42.5 Å². The van der Waals surface area contributed by atoms with Gasteiger partial charge in [0.15, 0.2) is 0 Å². The molecule has 0 fully saturated rings. The van der Waals surface area contributed by atoms with E-state index in [-0.39, 0.29) is 0 Å². The first-order chi connectivity index (χ1) is 13.3. The lowest BCUT2D eigenvalue weighted by Gasteiger charge is -2.10. The van der Waals surface area contributed by atoms with Crippen LogP contribution in [-0.4, -0.2) is 30.2 Å². The normalized spacial score (nSPS) is 10.4. The minimum Gasteiger partial charge on any atom is -0.496 e. The standard InChI is InChI=1S/C22H26N4O/c1-27-20-12-6-5-11-19(20)13-16-23-21-14-17-25-22(26-21)24-15-7-10-18-8-3-2-4-9-18/h2-6,8-9,11-12,14,17H,7,10,13,15-16H2,1H3,(H2,23,24,25,26). The van der Waals surface area contributed by atoms with Gasteiger partial charge in [-0.1, -0.05) is 48.5 Å². The topological polar surface area (TPSA) is 59.1 Å². The molecule has 140 valence electrons. The second-order valence-corrected chi connectivity index (χ2v) is 6.27. The average molecular weight is 362 g/mol. The van der Waals surface area contributed by atoms with Crippen LogP contribution in [0, 0.1) is 0 Å². The summed E-state index contributed by atoms with van der Waals surface area (Å²) in [4.78, 5) is 8.82. The molecule has 0 amide bonds. The molecule has 0 bridgehead atoms. The molecule has 0 atom stereocenters. The van der Waals surface area contributed by atoms with Gasteiger partial charge in [0.05, 0.1) is 7.11 Å². The number of para-hydroxylation sites is 1. The minimum atomic E-state index is 0.658. The van der Waals surface area contributed by atoms with Crippen molar-refractivity contribution in [3.05, 3.63) is 78.0 Å². The summed E-state index contributed by atoms with van der Waals surface area (Å²) < 4.78 is 5.39. The first-order valence-corrected chi connectivity index (χ1v) is 9.32. The van der Waals surface area contributed by atoms with E-state index in [9.17, 15) is 0 Å². The van der Waals surface area contributed by atoms with Gasteiger partial charge >= 0.3 is 0 Å². The molecule has 5 heteroatoms. The number of aryl methyl sites for hydroxylation is 1. The number of anilines is 2. The number of rotatable bonds is 10. The molecule has 0 spiro atoms. The Kier molecular flexibility index (Phi) is 7.04. The summed E-state index contributed by atoms with van der Waals surface area (Å²) in [6, 6.07) is 20.5. The molecular weight excluding hydrogens is 336 g/mol. The van der Waals surface area contributed by atoms with Gasteiger partial charge in [-0.15, -0.1) is 0 Å². The maximum absolute atomic E-state index is 5.39. The Balaban J connectivity index is 1.43. The van der Waals surface area contributed by atoms with Gasteiger partial charge < -0.3 is 15.4 Å². The fraction of sp³-hybridized carbons (Fsp3) is 0.273. The third-order valence-electron chi connectivity index (χ3n) is 4.32. The summed E-state index contributed by atoms with van der Waals surface area (Å²) in [6.07, 6.45) is 4.73. The maximum Gasteiger partial charge on any atom is 0.224 e. The Labute approximate surface area is 160 Å². The highest BCUT2D eigenvalue weighted by Gasteiger charge is 2.03. The molecule has 1 aromatic heterocycles. The van der Waals surface area contributed by atoms with Crippen LogP contribution >= 0.6 is 0 Å². The Morgan fingerprint density at radius 2 is 1.67 bits per heavy atom. The molecule has 5 nitrogen and oxygen atoms in total. The summed E-state index contributed by atoms with van der Waals surface area (Å²) in [6.45, 7) is 1.63. The largest absolute Gasteiger partial charge is 0.496 e. The van der Waals surface area contributed by atoms with Crippen LogP contribution in [0.5, 0.6) is 5.75 Å².